The molecule has 2 atom stereocenters. The molecule has 0 aliphatic carbocycles. The van der Waals surface area contributed by atoms with Gasteiger partial charge in [-0.15, -0.1) is 0 Å². The number of unbranched alkanes of at least 4 members (excludes halogenated alkanes) is 3. The highest BCUT2D eigenvalue weighted by molar-refractivity contribution is 7.89. The van der Waals surface area contributed by atoms with Crippen LogP contribution in [0, 0.1) is 0 Å². The first-order valence-corrected chi connectivity index (χ1v) is 9.23. The highest BCUT2D eigenvalue weighted by Crippen LogP contribution is 2.17. The largest absolute Gasteiger partial charge is 0.324 e. The number of hydrogen-bond acceptors (Lipinski definition) is 3. The van der Waals surface area contributed by atoms with Crippen LogP contribution in [0.4, 0.5) is 0 Å². The van der Waals surface area contributed by atoms with Gasteiger partial charge in [0.25, 0.3) is 0 Å². The maximum Gasteiger partial charge on any atom is 0.240 e. The molecule has 4 nitrogen and oxygen atoms in total. The van der Waals surface area contributed by atoms with Crippen molar-refractivity contribution in [2.75, 3.05) is 0 Å². The Morgan fingerprint density at radius 3 is 2.52 bits per heavy atom. The minimum absolute atomic E-state index is 0.0502. The maximum atomic E-state index is 12.4. The van der Waals surface area contributed by atoms with Gasteiger partial charge in [-0.3, -0.25) is 0 Å². The molecule has 120 valence electrons. The van der Waals surface area contributed by atoms with E-state index in [1.165, 1.54) is 12.8 Å². The van der Waals surface area contributed by atoms with Gasteiger partial charge in [-0.25, -0.2) is 13.1 Å². The lowest BCUT2D eigenvalue weighted by molar-refractivity contribution is 0.522. The van der Waals surface area contributed by atoms with Crippen LogP contribution in [0.15, 0.2) is 29.2 Å². The van der Waals surface area contributed by atoms with Gasteiger partial charge in [0, 0.05) is 12.1 Å². The fourth-order valence-electron chi connectivity index (χ4n) is 2.23. The third kappa shape index (κ3) is 6.16. The highest BCUT2D eigenvalue weighted by atomic mass is 32.2. The minimum atomic E-state index is -3.46. The summed E-state index contributed by atoms with van der Waals surface area (Å²) in [5.41, 5.74) is 6.63. The fourth-order valence-corrected chi connectivity index (χ4v) is 3.57. The summed E-state index contributed by atoms with van der Waals surface area (Å²) in [6.07, 6.45) is 5.46. The molecule has 1 rings (SSSR count). The first kappa shape index (κ1) is 18.1. The molecule has 3 N–H and O–H groups in total. The summed E-state index contributed by atoms with van der Waals surface area (Å²) in [4.78, 5) is 0.290. The Kier molecular flexibility index (Phi) is 7.35. The number of rotatable bonds is 9. The predicted molar refractivity (Wildman–Crippen MR) is 87.6 cm³/mol. The normalized spacial score (nSPS) is 14.9. The van der Waals surface area contributed by atoms with Gasteiger partial charge >= 0.3 is 0 Å². The summed E-state index contributed by atoms with van der Waals surface area (Å²) in [6.45, 7) is 5.92. The van der Waals surface area contributed by atoms with Crippen LogP contribution in [0.1, 0.15) is 64.5 Å². The van der Waals surface area contributed by atoms with E-state index in [1.54, 1.807) is 18.2 Å². The van der Waals surface area contributed by atoms with Crippen molar-refractivity contribution in [1.82, 2.24) is 4.72 Å². The Hall–Kier alpha value is -0.910. The van der Waals surface area contributed by atoms with Crippen molar-refractivity contribution in [3.05, 3.63) is 29.8 Å². The van der Waals surface area contributed by atoms with Crippen LogP contribution in [0.5, 0.6) is 0 Å². The van der Waals surface area contributed by atoms with Gasteiger partial charge in [0.05, 0.1) is 4.90 Å². The average Bonchev–Trinajstić information content (AvgIpc) is 2.43. The molecule has 21 heavy (non-hydrogen) atoms. The average molecular weight is 312 g/mol. The standard InChI is InChI=1S/C16H28N2O2S/c1-4-5-6-7-9-13(2)18-21(19,20)16-11-8-10-15(12-16)14(3)17/h8,10-14,18H,4-7,9,17H2,1-3H3. The van der Waals surface area contributed by atoms with Gasteiger partial charge in [-0.05, 0) is 38.0 Å². The maximum absolute atomic E-state index is 12.4. The van der Waals surface area contributed by atoms with Crippen molar-refractivity contribution in [3.63, 3.8) is 0 Å². The summed E-state index contributed by atoms with van der Waals surface area (Å²) >= 11 is 0. The van der Waals surface area contributed by atoms with E-state index < -0.39 is 10.0 Å². The summed E-state index contributed by atoms with van der Waals surface area (Å²) in [5.74, 6) is 0. The van der Waals surface area contributed by atoms with E-state index in [-0.39, 0.29) is 17.0 Å². The van der Waals surface area contributed by atoms with Crippen molar-refractivity contribution in [3.8, 4) is 0 Å². The Bertz CT molecular complexity index is 527. The molecule has 0 saturated carbocycles. The Labute approximate surface area is 129 Å². The third-order valence-electron chi connectivity index (χ3n) is 3.54. The Morgan fingerprint density at radius 1 is 1.19 bits per heavy atom. The van der Waals surface area contributed by atoms with E-state index in [4.69, 9.17) is 5.73 Å². The first-order valence-electron chi connectivity index (χ1n) is 7.74. The van der Waals surface area contributed by atoms with Gasteiger partial charge in [0.1, 0.15) is 0 Å². The molecule has 5 heteroatoms. The SMILES string of the molecule is CCCCCCC(C)NS(=O)(=O)c1cccc(C(C)N)c1. The summed E-state index contributed by atoms with van der Waals surface area (Å²) in [7, 11) is -3.46. The van der Waals surface area contributed by atoms with Crippen LogP contribution in [0.25, 0.3) is 0 Å². The monoisotopic (exact) mass is 312 g/mol. The summed E-state index contributed by atoms with van der Waals surface area (Å²) in [6, 6.07) is 6.61. The third-order valence-corrected chi connectivity index (χ3v) is 5.13. The Balaban J connectivity index is 2.66. The van der Waals surface area contributed by atoms with Gasteiger partial charge in [0.2, 0.25) is 10.0 Å². The molecule has 0 radical (unpaired) electrons. The summed E-state index contributed by atoms with van der Waals surface area (Å²) in [5, 5.41) is 0. The van der Waals surface area contributed by atoms with Crippen molar-refractivity contribution in [2.45, 2.75) is 69.9 Å². The van der Waals surface area contributed by atoms with Gasteiger partial charge < -0.3 is 5.73 Å². The zero-order valence-electron chi connectivity index (χ0n) is 13.3. The lowest BCUT2D eigenvalue weighted by Gasteiger charge is -2.15. The molecule has 0 aliphatic heterocycles. The van der Waals surface area contributed by atoms with Gasteiger partial charge in [0.15, 0.2) is 0 Å². The van der Waals surface area contributed by atoms with Crippen LogP contribution < -0.4 is 10.5 Å². The molecule has 0 bridgehead atoms. The number of nitrogens with two attached hydrogens (primary N) is 1. The second-order valence-corrected chi connectivity index (χ2v) is 7.45. The molecule has 1 aromatic carbocycles. The quantitative estimate of drug-likeness (QED) is 0.687. The summed E-state index contributed by atoms with van der Waals surface area (Å²) < 4.78 is 27.5. The Morgan fingerprint density at radius 2 is 1.90 bits per heavy atom. The highest BCUT2D eigenvalue weighted by Gasteiger charge is 2.17. The van der Waals surface area contributed by atoms with Crippen LogP contribution in [-0.2, 0) is 10.0 Å². The minimum Gasteiger partial charge on any atom is -0.324 e. The van der Waals surface area contributed by atoms with Crippen LogP contribution in [-0.4, -0.2) is 14.5 Å². The van der Waals surface area contributed by atoms with E-state index in [0.717, 1.165) is 24.8 Å². The number of nitrogens with one attached hydrogen (secondary N) is 1. The molecular weight excluding hydrogens is 284 g/mol. The van der Waals surface area contributed by atoms with Crippen molar-refractivity contribution in [2.24, 2.45) is 5.73 Å². The second kappa shape index (κ2) is 8.51. The molecule has 0 aliphatic rings. The zero-order valence-corrected chi connectivity index (χ0v) is 14.1. The van der Waals surface area contributed by atoms with E-state index in [1.807, 2.05) is 19.9 Å². The smallest absolute Gasteiger partial charge is 0.240 e. The van der Waals surface area contributed by atoms with Crippen molar-refractivity contribution < 1.29 is 8.42 Å². The lowest BCUT2D eigenvalue weighted by Crippen LogP contribution is -2.32. The molecule has 0 aromatic heterocycles. The molecular formula is C16H28N2O2S. The van der Waals surface area contributed by atoms with Gasteiger partial charge in [-0.2, -0.15) is 0 Å². The van der Waals surface area contributed by atoms with E-state index in [0.29, 0.717) is 0 Å². The molecule has 1 aromatic rings. The molecule has 0 fully saturated rings. The van der Waals surface area contributed by atoms with E-state index in [2.05, 4.69) is 11.6 Å². The number of benzene rings is 1. The van der Waals surface area contributed by atoms with E-state index in [9.17, 15) is 8.42 Å². The molecule has 0 amide bonds. The second-order valence-electron chi connectivity index (χ2n) is 5.73. The predicted octanol–water partition coefficient (Wildman–Crippen LogP) is 3.34. The first-order chi connectivity index (χ1) is 9.86. The fraction of sp³-hybridized carbons (Fsp3) is 0.625. The van der Waals surface area contributed by atoms with Gasteiger partial charge in [-0.1, -0.05) is 44.7 Å². The topological polar surface area (TPSA) is 72.2 Å². The van der Waals surface area contributed by atoms with Crippen LogP contribution >= 0.6 is 0 Å². The molecule has 0 spiro atoms. The van der Waals surface area contributed by atoms with Crippen LogP contribution in [0.2, 0.25) is 0 Å². The number of sulfonamides is 1. The molecule has 0 heterocycles. The molecule has 2 unspecified atom stereocenters. The lowest BCUT2D eigenvalue weighted by atomic mass is 10.1. The number of hydrogen-bond donors (Lipinski definition) is 2. The van der Waals surface area contributed by atoms with Crippen LogP contribution in [0.3, 0.4) is 0 Å². The molecule has 0 saturated heterocycles. The zero-order chi connectivity index (χ0) is 15.9. The van der Waals surface area contributed by atoms with Crippen molar-refractivity contribution in [1.29, 1.82) is 0 Å². The van der Waals surface area contributed by atoms with E-state index >= 15 is 0 Å². The van der Waals surface area contributed by atoms with Crippen molar-refractivity contribution >= 4 is 10.0 Å².